The molecule has 1 rings (SSSR count). The van der Waals surface area contributed by atoms with E-state index in [4.69, 9.17) is 15.1 Å². The summed E-state index contributed by atoms with van der Waals surface area (Å²) >= 11 is 0. The van der Waals surface area contributed by atoms with Gasteiger partial charge < -0.3 is 9.84 Å². The molecule has 1 aromatic rings. The summed E-state index contributed by atoms with van der Waals surface area (Å²) < 4.78 is 30.2. The Bertz CT molecular complexity index is 480. The molecule has 0 saturated carbocycles. The summed E-state index contributed by atoms with van der Waals surface area (Å²) in [6.07, 6.45) is -3.35. The lowest BCUT2D eigenvalue weighted by Crippen LogP contribution is -2.05. The van der Waals surface area contributed by atoms with Crippen LogP contribution < -0.4 is 4.74 Å². The van der Waals surface area contributed by atoms with Crippen molar-refractivity contribution in [1.29, 1.82) is 5.26 Å². The molecule has 1 aromatic carbocycles. The number of rotatable bonds is 4. The van der Waals surface area contributed by atoms with Crippen LogP contribution >= 0.6 is 0 Å². The van der Waals surface area contributed by atoms with E-state index < -0.39 is 24.4 Å². The molecule has 0 heterocycles. The predicted octanol–water partition coefficient (Wildman–Crippen LogP) is 2.13. The Kier molecular flexibility index (Phi) is 3.99. The maximum Gasteiger partial charge on any atom is 0.307 e. The molecule has 0 aliphatic carbocycles. The molecule has 90 valence electrons. The lowest BCUT2D eigenvalue weighted by atomic mass is 9.99. The van der Waals surface area contributed by atoms with Crippen LogP contribution in [-0.2, 0) is 11.2 Å². The first kappa shape index (κ1) is 12.9. The van der Waals surface area contributed by atoms with E-state index in [1.165, 1.54) is 13.2 Å². The van der Waals surface area contributed by atoms with E-state index in [0.717, 1.165) is 6.07 Å². The minimum Gasteiger partial charge on any atom is -0.497 e. The highest BCUT2D eigenvalue weighted by atomic mass is 19.3. The summed E-state index contributed by atoms with van der Waals surface area (Å²) in [5.41, 5.74) is -0.791. The van der Waals surface area contributed by atoms with Crippen LogP contribution in [0, 0.1) is 11.3 Å². The van der Waals surface area contributed by atoms with E-state index in [1.807, 2.05) is 0 Å². The molecule has 17 heavy (non-hydrogen) atoms. The zero-order valence-electron chi connectivity index (χ0n) is 8.91. The van der Waals surface area contributed by atoms with Crippen LogP contribution in [0.2, 0.25) is 0 Å². The number of aliphatic carboxylic acids is 1. The van der Waals surface area contributed by atoms with Gasteiger partial charge in [-0.15, -0.1) is 0 Å². The van der Waals surface area contributed by atoms with Gasteiger partial charge in [0.05, 0.1) is 25.2 Å². The van der Waals surface area contributed by atoms with Gasteiger partial charge in [-0.2, -0.15) is 5.26 Å². The number of nitrogens with zero attached hydrogens (tertiary/aromatic N) is 1. The monoisotopic (exact) mass is 241 g/mol. The van der Waals surface area contributed by atoms with Crippen LogP contribution in [0.3, 0.4) is 0 Å². The van der Waals surface area contributed by atoms with Crippen molar-refractivity contribution in [2.24, 2.45) is 0 Å². The second-order valence-corrected chi connectivity index (χ2v) is 3.23. The lowest BCUT2D eigenvalue weighted by molar-refractivity contribution is -0.136. The topological polar surface area (TPSA) is 70.3 Å². The third-order valence-electron chi connectivity index (χ3n) is 2.15. The van der Waals surface area contributed by atoms with Gasteiger partial charge in [-0.05, 0) is 17.7 Å². The fourth-order valence-electron chi connectivity index (χ4n) is 1.43. The van der Waals surface area contributed by atoms with Crippen molar-refractivity contribution in [3.63, 3.8) is 0 Å². The Morgan fingerprint density at radius 1 is 1.59 bits per heavy atom. The van der Waals surface area contributed by atoms with Gasteiger partial charge in [0.2, 0.25) is 0 Å². The number of hydrogen-bond acceptors (Lipinski definition) is 3. The summed E-state index contributed by atoms with van der Waals surface area (Å²) in [4.78, 5) is 10.6. The van der Waals surface area contributed by atoms with Crippen LogP contribution in [-0.4, -0.2) is 18.2 Å². The highest BCUT2D eigenvalue weighted by molar-refractivity contribution is 5.72. The number of hydrogen-bond donors (Lipinski definition) is 1. The van der Waals surface area contributed by atoms with Crippen molar-refractivity contribution in [2.45, 2.75) is 12.8 Å². The number of ether oxygens (including phenoxy) is 1. The first-order valence-corrected chi connectivity index (χ1v) is 4.60. The van der Waals surface area contributed by atoms with Crippen molar-refractivity contribution >= 4 is 5.97 Å². The molecule has 0 fully saturated rings. The predicted molar refractivity (Wildman–Crippen MR) is 54.0 cm³/mol. The number of nitriles is 1. The van der Waals surface area contributed by atoms with Crippen molar-refractivity contribution in [3.05, 3.63) is 28.8 Å². The third-order valence-corrected chi connectivity index (χ3v) is 2.15. The van der Waals surface area contributed by atoms with E-state index in [2.05, 4.69) is 0 Å². The molecule has 0 unspecified atom stereocenters. The van der Waals surface area contributed by atoms with Gasteiger partial charge in [0.15, 0.2) is 0 Å². The second kappa shape index (κ2) is 5.25. The molecular formula is C11H9F2NO3. The summed E-state index contributed by atoms with van der Waals surface area (Å²) in [6.45, 7) is 0. The fraction of sp³-hybridized carbons (Fsp3) is 0.273. The van der Waals surface area contributed by atoms with Crippen LogP contribution in [0.5, 0.6) is 5.75 Å². The van der Waals surface area contributed by atoms with Gasteiger partial charge >= 0.3 is 5.97 Å². The zero-order chi connectivity index (χ0) is 13.0. The minimum absolute atomic E-state index is 0.0228. The number of carboxylic acids is 1. The second-order valence-electron chi connectivity index (χ2n) is 3.23. The molecule has 4 nitrogen and oxygen atoms in total. The van der Waals surface area contributed by atoms with Gasteiger partial charge in [-0.25, -0.2) is 8.78 Å². The third kappa shape index (κ3) is 2.91. The number of halogens is 2. The van der Waals surface area contributed by atoms with E-state index >= 15 is 0 Å². The Hall–Kier alpha value is -2.16. The average molecular weight is 241 g/mol. The number of carbonyl (C=O) groups is 1. The van der Waals surface area contributed by atoms with Gasteiger partial charge in [-0.1, -0.05) is 0 Å². The largest absolute Gasteiger partial charge is 0.497 e. The van der Waals surface area contributed by atoms with Gasteiger partial charge in [0, 0.05) is 5.56 Å². The lowest BCUT2D eigenvalue weighted by Gasteiger charge is -2.10. The molecule has 0 aliphatic heterocycles. The summed E-state index contributed by atoms with van der Waals surface area (Å²) in [5.74, 6) is -1.09. The Balaban J connectivity index is 3.40. The molecule has 0 atom stereocenters. The van der Waals surface area contributed by atoms with Crippen molar-refractivity contribution in [2.75, 3.05) is 7.11 Å². The molecule has 0 amide bonds. The zero-order valence-corrected chi connectivity index (χ0v) is 8.91. The van der Waals surface area contributed by atoms with E-state index in [9.17, 15) is 13.6 Å². The first-order valence-electron chi connectivity index (χ1n) is 4.60. The summed E-state index contributed by atoms with van der Waals surface area (Å²) in [7, 11) is 1.28. The van der Waals surface area contributed by atoms with Crippen LogP contribution in [0.15, 0.2) is 12.1 Å². The fourth-order valence-corrected chi connectivity index (χ4v) is 1.43. The summed E-state index contributed by atoms with van der Waals surface area (Å²) in [5, 5.41) is 17.4. The molecule has 6 heteroatoms. The average Bonchev–Trinajstić information content (AvgIpc) is 2.26. The standard InChI is InChI=1S/C11H9F2NO3/c1-17-7-2-6(3-10(15)16)9(5-14)8(4-7)11(12)13/h2,4,11H,3H2,1H3,(H,15,16). The van der Waals surface area contributed by atoms with Crippen molar-refractivity contribution in [1.82, 2.24) is 0 Å². The maximum absolute atomic E-state index is 12.7. The van der Waals surface area contributed by atoms with Gasteiger partial charge in [-0.3, -0.25) is 4.79 Å². The molecule has 0 aliphatic rings. The molecule has 0 bridgehead atoms. The highest BCUT2D eigenvalue weighted by Gasteiger charge is 2.19. The molecule has 0 aromatic heterocycles. The van der Waals surface area contributed by atoms with Crippen LogP contribution in [0.1, 0.15) is 23.1 Å². The summed E-state index contributed by atoms with van der Waals surface area (Å²) in [6, 6.07) is 3.92. The molecular weight excluding hydrogens is 232 g/mol. The van der Waals surface area contributed by atoms with E-state index in [-0.39, 0.29) is 16.9 Å². The first-order chi connectivity index (χ1) is 7.99. The molecule has 0 radical (unpaired) electrons. The molecule has 0 saturated heterocycles. The quantitative estimate of drug-likeness (QED) is 0.876. The van der Waals surface area contributed by atoms with E-state index in [0.29, 0.717) is 0 Å². The van der Waals surface area contributed by atoms with Crippen LogP contribution in [0.25, 0.3) is 0 Å². The normalized spacial score (nSPS) is 10.1. The smallest absolute Gasteiger partial charge is 0.307 e. The van der Waals surface area contributed by atoms with Crippen LogP contribution in [0.4, 0.5) is 8.78 Å². The Labute approximate surface area is 96.0 Å². The number of methoxy groups -OCH3 is 1. The Morgan fingerprint density at radius 3 is 2.65 bits per heavy atom. The molecule has 0 spiro atoms. The highest BCUT2D eigenvalue weighted by Crippen LogP contribution is 2.30. The number of alkyl halides is 2. The molecule has 1 N–H and O–H groups in total. The SMILES string of the molecule is COc1cc(CC(=O)O)c(C#N)c(C(F)F)c1. The van der Waals surface area contributed by atoms with Gasteiger partial charge in [0.25, 0.3) is 6.43 Å². The van der Waals surface area contributed by atoms with E-state index in [1.54, 1.807) is 6.07 Å². The van der Waals surface area contributed by atoms with Gasteiger partial charge in [0.1, 0.15) is 5.75 Å². The van der Waals surface area contributed by atoms with Crippen molar-refractivity contribution < 1.29 is 23.4 Å². The Morgan fingerprint density at radius 2 is 2.24 bits per heavy atom. The van der Waals surface area contributed by atoms with Crippen molar-refractivity contribution in [3.8, 4) is 11.8 Å². The minimum atomic E-state index is -2.85. The number of carboxylic acid groups (broad SMARTS) is 1. The number of benzene rings is 1. The maximum atomic E-state index is 12.7.